The Morgan fingerprint density at radius 1 is 1.27 bits per heavy atom. The molecule has 3 saturated carbocycles. The SMILES string of the molecule is C[C@@H](NC(=O)[C@H]1C[C@@H]2CC[C@]1(C)C[C@@]21NC(=O)c2ccccc2O1)c1ccccn1. The first kappa shape index (κ1) is 19.1. The van der Waals surface area contributed by atoms with E-state index in [9.17, 15) is 9.59 Å². The molecular weight excluding hydrogens is 378 g/mol. The van der Waals surface area contributed by atoms with Crippen LogP contribution in [0.4, 0.5) is 0 Å². The van der Waals surface area contributed by atoms with E-state index in [1.165, 1.54) is 0 Å². The number of hydrogen-bond donors (Lipinski definition) is 2. The molecule has 0 radical (unpaired) electrons. The third kappa shape index (κ3) is 2.97. The van der Waals surface area contributed by atoms with E-state index >= 15 is 0 Å². The number of hydrogen-bond acceptors (Lipinski definition) is 4. The van der Waals surface area contributed by atoms with Crippen molar-refractivity contribution in [3.8, 4) is 5.75 Å². The molecule has 156 valence electrons. The summed E-state index contributed by atoms with van der Waals surface area (Å²) >= 11 is 0. The van der Waals surface area contributed by atoms with Crippen LogP contribution in [0.5, 0.6) is 5.75 Å². The molecule has 0 unspecified atom stereocenters. The largest absolute Gasteiger partial charge is 0.467 e. The molecule has 4 aliphatic rings. The molecule has 2 aromatic rings. The molecule has 3 aliphatic carbocycles. The van der Waals surface area contributed by atoms with Gasteiger partial charge in [0.05, 0.1) is 17.3 Å². The Balaban J connectivity index is 1.37. The lowest BCUT2D eigenvalue weighted by atomic mass is 9.52. The fourth-order valence-electron chi connectivity index (χ4n) is 5.68. The van der Waals surface area contributed by atoms with Crippen molar-refractivity contribution in [3.63, 3.8) is 0 Å². The molecule has 1 spiro atoms. The van der Waals surface area contributed by atoms with Crippen LogP contribution in [0.1, 0.15) is 61.6 Å². The van der Waals surface area contributed by atoms with Crippen molar-refractivity contribution in [2.75, 3.05) is 0 Å². The van der Waals surface area contributed by atoms with Gasteiger partial charge in [-0.3, -0.25) is 14.6 Å². The summed E-state index contributed by atoms with van der Waals surface area (Å²) in [6.45, 7) is 4.13. The Hall–Kier alpha value is -2.89. The molecule has 2 heterocycles. The quantitative estimate of drug-likeness (QED) is 0.818. The number of carbonyl (C=O) groups is 2. The second-order valence-corrected chi connectivity index (χ2v) is 9.28. The van der Waals surface area contributed by atoms with Crippen LogP contribution < -0.4 is 15.4 Å². The molecule has 1 aromatic carbocycles. The number of nitrogens with zero attached hydrogens (tertiary/aromatic N) is 1. The minimum Gasteiger partial charge on any atom is -0.467 e. The van der Waals surface area contributed by atoms with E-state index in [1.54, 1.807) is 12.3 Å². The fraction of sp³-hybridized carbons (Fsp3) is 0.458. The Kier molecular flexibility index (Phi) is 4.34. The predicted octanol–water partition coefficient (Wildman–Crippen LogP) is 3.60. The molecule has 1 aliphatic heterocycles. The molecule has 2 N–H and O–H groups in total. The van der Waals surface area contributed by atoms with Crippen LogP contribution in [-0.4, -0.2) is 22.5 Å². The summed E-state index contributed by atoms with van der Waals surface area (Å²) < 4.78 is 6.43. The van der Waals surface area contributed by atoms with E-state index in [0.717, 1.165) is 18.5 Å². The predicted molar refractivity (Wildman–Crippen MR) is 112 cm³/mol. The van der Waals surface area contributed by atoms with Gasteiger partial charge >= 0.3 is 0 Å². The average Bonchev–Trinajstić information content (AvgIpc) is 2.74. The number of aromatic nitrogens is 1. The lowest BCUT2D eigenvalue weighted by Crippen LogP contribution is -2.69. The lowest BCUT2D eigenvalue weighted by Gasteiger charge is -2.59. The van der Waals surface area contributed by atoms with Crippen LogP contribution in [0.3, 0.4) is 0 Å². The summed E-state index contributed by atoms with van der Waals surface area (Å²) in [5, 5.41) is 6.33. The molecule has 0 saturated heterocycles. The third-order valence-electron chi connectivity index (χ3n) is 7.31. The van der Waals surface area contributed by atoms with Crippen LogP contribution in [0, 0.1) is 17.3 Å². The minimum absolute atomic E-state index is 0.0674. The van der Waals surface area contributed by atoms with Crippen LogP contribution in [-0.2, 0) is 4.79 Å². The molecule has 3 fully saturated rings. The Morgan fingerprint density at radius 3 is 2.83 bits per heavy atom. The number of pyridine rings is 1. The highest BCUT2D eigenvalue weighted by molar-refractivity contribution is 5.98. The summed E-state index contributed by atoms with van der Waals surface area (Å²) in [5.74, 6) is 0.626. The van der Waals surface area contributed by atoms with Gasteiger partial charge < -0.3 is 15.4 Å². The maximum Gasteiger partial charge on any atom is 0.258 e. The topological polar surface area (TPSA) is 80.3 Å². The Labute approximate surface area is 176 Å². The van der Waals surface area contributed by atoms with Crippen molar-refractivity contribution in [2.45, 2.75) is 51.3 Å². The Morgan fingerprint density at radius 2 is 2.07 bits per heavy atom. The number of ether oxygens (including phenoxy) is 1. The maximum absolute atomic E-state index is 13.2. The van der Waals surface area contributed by atoms with Gasteiger partial charge in [0.15, 0.2) is 5.72 Å². The standard InChI is InChI=1S/C24H27N3O3/c1-15(19-8-5-6-12-25-19)26-22(29)18-13-16-10-11-23(18,2)14-24(16)27-21(28)17-7-3-4-9-20(17)30-24/h3-9,12,15-16,18H,10-11,13-14H2,1-2H3,(H,26,29)(H,27,28)/t15-,16+,18-,23-,24+/m1/s1. The first-order chi connectivity index (χ1) is 14.4. The van der Waals surface area contributed by atoms with E-state index in [1.807, 2.05) is 43.3 Å². The third-order valence-corrected chi connectivity index (χ3v) is 7.31. The molecule has 6 nitrogen and oxygen atoms in total. The van der Waals surface area contributed by atoms with Gasteiger partial charge in [0, 0.05) is 24.5 Å². The Bertz CT molecular complexity index is 994. The van der Waals surface area contributed by atoms with Gasteiger partial charge in [-0.15, -0.1) is 0 Å². The van der Waals surface area contributed by atoms with Crippen LogP contribution in [0.25, 0.3) is 0 Å². The van der Waals surface area contributed by atoms with Gasteiger partial charge in [-0.25, -0.2) is 0 Å². The first-order valence-electron chi connectivity index (χ1n) is 10.7. The number of rotatable bonds is 3. The van der Waals surface area contributed by atoms with E-state index < -0.39 is 5.72 Å². The molecule has 2 bridgehead atoms. The summed E-state index contributed by atoms with van der Waals surface area (Å²) in [4.78, 5) is 30.4. The highest BCUT2D eigenvalue weighted by Gasteiger charge is 2.61. The zero-order chi connectivity index (χ0) is 20.9. The number of amides is 2. The molecule has 1 aromatic heterocycles. The van der Waals surface area contributed by atoms with Gasteiger partial charge in [0.1, 0.15) is 5.75 Å². The number of fused-ring (bicyclic) bond motifs is 3. The smallest absolute Gasteiger partial charge is 0.258 e. The van der Waals surface area contributed by atoms with Crippen LogP contribution in [0.15, 0.2) is 48.7 Å². The monoisotopic (exact) mass is 405 g/mol. The second kappa shape index (κ2) is 6.83. The van der Waals surface area contributed by atoms with Crippen molar-refractivity contribution in [2.24, 2.45) is 17.3 Å². The van der Waals surface area contributed by atoms with E-state index in [-0.39, 0.29) is 35.1 Å². The lowest BCUT2D eigenvalue weighted by molar-refractivity contribution is -0.167. The van der Waals surface area contributed by atoms with E-state index in [4.69, 9.17) is 4.74 Å². The van der Waals surface area contributed by atoms with Gasteiger partial charge in [0.25, 0.3) is 5.91 Å². The zero-order valence-electron chi connectivity index (χ0n) is 17.4. The summed E-state index contributed by atoms with van der Waals surface area (Å²) in [7, 11) is 0. The van der Waals surface area contributed by atoms with Crippen molar-refractivity contribution >= 4 is 11.8 Å². The van der Waals surface area contributed by atoms with E-state index in [0.29, 0.717) is 24.2 Å². The first-order valence-corrected chi connectivity index (χ1v) is 10.7. The highest BCUT2D eigenvalue weighted by Crippen LogP contribution is 2.59. The summed E-state index contributed by atoms with van der Waals surface area (Å²) in [6, 6.07) is 13.0. The van der Waals surface area contributed by atoms with E-state index in [2.05, 4.69) is 22.5 Å². The van der Waals surface area contributed by atoms with Crippen molar-refractivity contribution < 1.29 is 14.3 Å². The normalized spacial score (nSPS) is 32.7. The van der Waals surface area contributed by atoms with Crippen LogP contribution >= 0.6 is 0 Å². The average molecular weight is 405 g/mol. The molecule has 6 rings (SSSR count). The summed E-state index contributed by atoms with van der Waals surface area (Å²) in [5.41, 5.74) is 0.477. The van der Waals surface area contributed by atoms with Gasteiger partial charge in [-0.2, -0.15) is 0 Å². The summed E-state index contributed by atoms with van der Waals surface area (Å²) in [6.07, 6.45) is 4.99. The van der Waals surface area contributed by atoms with Gasteiger partial charge in [0.2, 0.25) is 5.91 Å². The number of para-hydroxylation sites is 1. The maximum atomic E-state index is 13.2. The van der Waals surface area contributed by atoms with Crippen molar-refractivity contribution in [1.82, 2.24) is 15.6 Å². The van der Waals surface area contributed by atoms with Crippen molar-refractivity contribution in [1.29, 1.82) is 0 Å². The number of benzene rings is 1. The minimum atomic E-state index is -0.720. The van der Waals surface area contributed by atoms with Gasteiger partial charge in [-0.05, 0) is 55.9 Å². The fourth-order valence-corrected chi connectivity index (χ4v) is 5.68. The second-order valence-electron chi connectivity index (χ2n) is 9.28. The molecule has 2 amide bonds. The zero-order valence-corrected chi connectivity index (χ0v) is 17.4. The number of carbonyl (C=O) groups excluding carboxylic acids is 2. The molecule has 30 heavy (non-hydrogen) atoms. The van der Waals surface area contributed by atoms with Crippen LogP contribution in [0.2, 0.25) is 0 Å². The molecule has 6 heteroatoms. The highest BCUT2D eigenvalue weighted by atomic mass is 16.5. The number of nitrogens with one attached hydrogen (secondary N) is 2. The van der Waals surface area contributed by atoms with Gasteiger partial charge in [-0.1, -0.05) is 25.1 Å². The van der Waals surface area contributed by atoms with Crippen molar-refractivity contribution in [3.05, 3.63) is 59.9 Å². The molecule has 5 atom stereocenters. The molecular formula is C24H27N3O3.